The van der Waals surface area contributed by atoms with E-state index in [1.54, 1.807) is 43.5 Å². The minimum absolute atomic E-state index is 0.132. The lowest BCUT2D eigenvalue weighted by Crippen LogP contribution is -2.03. The van der Waals surface area contributed by atoms with Gasteiger partial charge in [-0.15, -0.1) is 0 Å². The summed E-state index contributed by atoms with van der Waals surface area (Å²) in [5, 5.41) is 0.860. The van der Waals surface area contributed by atoms with Crippen LogP contribution >= 0.6 is 23.2 Å². The number of ether oxygens (including phenoxy) is 1. The van der Waals surface area contributed by atoms with Gasteiger partial charge in [0.15, 0.2) is 5.78 Å². The minimum Gasteiger partial charge on any atom is -0.496 e. The molecule has 0 saturated heterocycles. The van der Waals surface area contributed by atoms with Crippen molar-refractivity contribution in [2.75, 3.05) is 7.11 Å². The lowest BCUT2D eigenvalue weighted by atomic mass is 10.0. The summed E-state index contributed by atoms with van der Waals surface area (Å²) in [7, 11) is 1.60. The molecular formula is C15H12Cl2O2. The van der Waals surface area contributed by atoms with Crippen LogP contribution in [0.4, 0.5) is 0 Å². The van der Waals surface area contributed by atoms with Crippen molar-refractivity contribution in [3.05, 3.63) is 63.1 Å². The molecule has 0 atom stereocenters. The Morgan fingerprint density at radius 2 is 1.84 bits per heavy atom. The van der Waals surface area contributed by atoms with E-state index in [1.165, 1.54) is 0 Å². The number of hydrogen-bond acceptors (Lipinski definition) is 2. The highest BCUT2D eigenvalue weighted by atomic mass is 35.5. The monoisotopic (exact) mass is 294 g/mol. The van der Waals surface area contributed by atoms with Crippen LogP contribution in [0.3, 0.4) is 0 Å². The molecule has 0 aliphatic heterocycles. The fourth-order valence-corrected chi connectivity index (χ4v) is 2.34. The van der Waals surface area contributed by atoms with Gasteiger partial charge in [0.1, 0.15) is 5.75 Å². The van der Waals surface area contributed by atoms with Crippen LogP contribution in [0.1, 0.15) is 21.5 Å². The maximum absolute atomic E-state index is 12.4. The normalized spacial score (nSPS) is 10.3. The number of benzene rings is 2. The van der Waals surface area contributed by atoms with Crippen LogP contribution in [-0.2, 0) is 0 Å². The average Bonchev–Trinajstić information content (AvgIpc) is 2.38. The molecule has 0 unspecified atom stereocenters. The molecule has 0 N–H and O–H groups in total. The van der Waals surface area contributed by atoms with Crippen LogP contribution in [0.2, 0.25) is 10.0 Å². The Labute approximate surface area is 121 Å². The second-order valence-corrected chi connectivity index (χ2v) is 4.98. The predicted octanol–water partition coefficient (Wildman–Crippen LogP) is 4.54. The Hall–Kier alpha value is -1.51. The van der Waals surface area contributed by atoms with Gasteiger partial charge in [0.2, 0.25) is 0 Å². The van der Waals surface area contributed by atoms with Crippen LogP contribution in [-0.4, -0.2) is 12.9 Å². The van der Waals surface area contributed by atoms with Crippen molar-refractivity contribution in [2.24, 2.45) is 0 Å². The first kappa shape index (κ1) is 13.9. The number of methoxy groups -OCH3 is 1. The number of carbonyl (C=O) groups excluding carboxylic acids is 1. The van der Waals surface area contributed by atoms with Gasteiger partial charge in [0.25, 0.3) is 0 Å². The standard InChI is InChI=1S/C15H12Cl2O2/c1-9-7-10(3-6-14(9)19-2)15(18)12-5-4-11(16)8-13(12)17/h3-8H,1-2H3. The van der Waals surface area contributed by atoms with E-state index in [0.717, 1.165) is 11.3 Å². The summed E-state index contributed by atoms with van der Waals surface area (Å²) >= 11 is 11.9. The van der Waals surface area contributed by atoms with Crippen molar-refractivity contribution in [1.82, 2.24) is 0 Å². The fourth-order valence-electron chi connectivity index (χ4n) is 1.85. The van der Waals surface area contributed by atoms with Gasteiger partial charge in [0.05, 0.1) is 12.1 Å². The summed E-state index contributed by atoms with van der Waals surface area (Å²) in [5.41, 5.74) is 1.91. The molecule has 0 aliphatic rings. The SMILES string of the molecule is COc1ccc(C(=O)c2ccc(Cl)cc2Cl)cc1C. The molecule has 2 aromatic carbocycles. The first-order chi connectivity index (χ1) is 9.02. The Balaban J connectivity index is 2.41. The zero-order valence-electron chi connectivity index (χ0n) is 10.5. The molecule has 0 spiro atoms. The van der Waals surface area contributed by atoms with Gasteiger partial charge in [-0.25, -0.2) is 0 Å². The van der Waals surface area contributed by atoms with Crippen molar-refractivity contribution in [3.63, 3.8) is 0 Å². The topological polar surface area (TPSA) is 26.3 Å². The Bertz CT molecular complexity index is 636. The summed E-state index contributed by atoms with van der Waals surface area (Å²) < 4.78 is 5.17. The van der Waals surface area contributed by atoms with Crippen LogP contribution in [0, 0.1) is 6.92 Å². The summed E-state index contributed by atoms with van der Waals surface area (Å²) in [6, 6.07) is 10.1. The van der Waals surface area contributed by atoms with E-state index in [0.29, 0.717) is 21.2 Å². The van der Waals surface area contributed by atoms with Gasteiger partial charge >= 0.3 is 0 Å². The third-order valence-electron chi connectivity index (χ3n) is 2.83. The lowest BCUT2D eigenvalue weighted by Gasteiger charge is -2.08. The Morgan fingerprint density at radius 3 is 2.42 bits per heavy atom. The highest BCUT2D eigenvalue weighted by Gasteiger charge is 2.14. The van der Waals surface area contributed by atoms with Crippen molar-refractivity contribution < 1.29 is 9.53 Å². The summed E-state index contributed by atoms with van der Waals surface area (Å²) in [6.07, 6.45) is 0. The second kappa shape index (κ2) is 5.64. The number of rotatable bonds is 3. The molecule has 0 heterocycles. The molecule has 2 aromatic rings. The molecule has 98 valence electrons. The first-order valence-corrected chi connectivity index (χ1v) is 6.43. The van der Waals surface area contributed by atoms with Crippen LogP contribution in [0.25, 0.3) is 0 Å². The maximum Gasteiger partial charge on any atom is 0.194 e. The fraction of sp³-hybridized carbons (Fsp3) is 0.133. The Kier molecular flexibility index (Phi) is 4.13. The molecule has 0 bridgehead atoms. The van der Waals surface area contributed by atoms with Crippen molar-refractivity contribution >= 4 is 29.0 Å². The number of ketones is 1. The molecule has 0 saturated carbocycles. The van der Waals surface area contributed by atoms with Gasteiger partial charge in [-0.2, -0.15) is 0 Å². The van der Waals surface area contributed by atoms with Gasteiger partial charge in [0, 0.05) is 16.1 Å². The smallest absolute Gasteiger partial charge is 0.194 e. The van der Waals surface area contributed by atoms with E-state index in [-0.39, 0.29) is 5.78 Å². The van der Waals surface area contributed by atoms with Crippen molar-refractivity contribution in [2.45, 2.75) is 6.92 Å². The van der Waals surface area contributed by atoms with Crippen LogP contribution < -0.4 is 4.74 Å². The Morgan fingerprint density at radius 1 is 1.11 bits per heavy atom. The van der Waals surface area contributed by atoms with Gasteiger partial charge in [-0.1, -0.05) is 23.2 Å². The largest absolute Gasteiger partial charge is 0.496 e. The number of halogens is 2. The first-order valence-electron chi connectivity index (χ1n) is 5.67. The predicted molar refractivity (Wildman–Crippen MR) is 77.6 cm³/mol. The number of hydrogen-bond donors (Lipinski definition) is 0. The quantitative estimate of drug-likeness (QED) is 0.777. The molecule has 19 heavy (non-hydrogen) atoms. The molecule has 0 amide bonds. The molecule has 2 rings (SSSR count). The molecular weight excluding hydrogens is 283 g/mol. The summed E-state index contributed by atoms with van der Waals surface area (Å²) in [5.74, 6) is 0.617. The van der Waals surface area contributed by atoms with E-state index in [2.05, 4.69) is 0 Å². The summed E-state index contributed by atoms with van der Waals surface area (Å²) in [4.78, 5) is 12.4. The van der Waals surface area contributed by atoms with Gasteiger partial charge in [-0.05, 0) is 48.9 Å². The van der Waals surface area contributed by atoms with Gasteiger partial charge in [-0.3, -0.25) is 4.79 Å². The highest BCUT2D eigenvalue weighted by Crippen LogP contribution is 2.25. The van der Waals surface area contributed by atoms with Crippen molar-refractivity contribution in [3.8, 4) is 5.75 Å². The molecule has 2 nitrogen and oxygen atoms in total. The third-order valence-corrected chi connectivity index (χ3v) is 3.38. The van der Waals surface area contributed by atoms with E-state index in [9.17, 15) is 4.79 Å². The molecule has 0 aromatic heterocycles. The number of aryl methyl sites for hydroxylation is 1. The van der Waals surface area contributed by atoms with E-state index >= 15 is 0 Å². The zero-order chi connectivity index (χ0) is 14.0. The van der Waals surface area contributed by atoms with E-state index in [1.807, 2.05) is 6.92 Å². The summed E-state index contributed by atoms with van der Waals surface area (Å²) in [6.45, 7) is 1.89. The average molecular weight is 295 g/mol. The third kappa shape index (κ3) is 2.91. The zero-order valence-corrected chi connectivity index (χ0v) is 12.0. The molecule has 0 aliphatic carbocycles. The van der Waals surface area contributed by atoms with Crippen molar-refractivity contribution in [1.29, 1.82) is 0 Å². The van der Waals surface area contributed by atoms with Crippen LogP contribution in [0.5, 0.6) is 5.75 Å². The van der Waals surface area contributed by atoms with E-state index < -0.39 is 0 Å². The molecule has 0 radical (unpaired) electrons. The number of carbonyl (C=O) groups is 1. The lowest BCUT2D eigenvalue weighted by molar-refractivity contribution is 0.103. The second-order valence-electron chi connectivity index (χ2n) is 4.14. The van der Waals surface area contributed by atoms with E-state index in [4.69, 9.17) is 27.9 Å². The minimum atomic E-state index is -0.132. The van der Waals surface area contributed by atoms with Gasteiger partial charge < -0.3 is 4.74 Å². The molecule has 0 fully saturated rings. The molecule has 4 heteroatoms. The highest BCUT2D eigenvalue weighted by molar-refractivity contribution is 6.37. The van der Waals surface area contributed by atoms with Crippen LogP contribution in [0.15, 0.2) is 36.4 Å². The maximum atomic E-state index is 12.4.